The molecule has 1 fully saturated rings. The summed E-state index contributed by atoms with van der Waals surface area (Å²) in [5.74, 6) is -0.0328. The zero-order valence-electron chi connectivity index (χ0n) is 10.6. The van der Waals surface area contributed by atoms with Crippen LogP contribution in [0, 0.1) is 5.92 Å². The molecule has 2 heterocycles. The number of hydrogen-bond acceptors (Lipinski definition) is 4. The minimum Gasteiger partial charge on any atom is -0.349 e. The Hall–Kier alpha value is -1.43. The van der Waals surface area contributed by atoms with E-state index in [-0.39, 0.29) is 17.7 Å². The summed E-state index contributed by atoms with van der Waals surface area (Å²) >= 11 is 1.41. The maximum absolute atomic E-state index is 12.1. The molecule has 1 aromatic rings. The number of thiazole rings is 1. The van der Waals surface area contributed by atoms with Gasteiger partial charge in [-0.1, -0.05) is 0 Å². The predicted molar refractivity (Wildman–Crippen MR) is 69.4 cm³/mol. The van der Waals surface area contributed by atoms with Crippen molar-refractivity contribution in [3.63, 3.8) is 0 Å². The van der Waals surface area contributed by atoms with Gasteiger partial charge in [-0.2, -0.15) is 0 Å². The first kappa shape index (κ1) is 13.0. The smallest absolute Gasteiger partial charge is 0.273 e. The maximum atomic E-state index is 12.1. The van der Waals surface area contributed by atoms with E-state index in [1.807, 2.05) is 0 Å². The second kappa shape index (κ2) is 5.48. The van der Waals surface area contributed by atoms with Crippen LogP contribution >= 0.6 is 11.3 Å². The van der Waals surface area contributed by atoms with E-state index in [2.05, 4.69) is 4.98 Å². The molecule has 98 valence electrons. The van der Waals surface area contributed by atoms with Crippen molar-refractivity contribution in [1.29, 1.82) is 0 Å². The molecule has 1 saturated heterocycles. The SMILES string of the molecule is CN(C)C(=O)C1CCCN(C(=O)c2cscn2)C1. The predicted octanol–water partition coefficient (Wildman–Crippen LogP) is 1.08. The summed E-state index contributed by atoms with van der Waals surface area (Å²) in [7, 11) is 3.51. The Bertz CT molecular complexity index is 431. The first-order valence-corrected chi connectivity index (χ1v) is 6.92. The van der Waals surface area contributed by atoms with Crippen molar-refractivity contribution < 1.29 is 9.59 Å². The summed E-state index contributed by atoms with van der Waals surface area (Å²) in [6.45, 7) is 1.22. The molecule has 2 rings (SSSR count). The third-order valence-electron chi connectivity index (χ3n) is 3.15. The Morgan fingerprint density at radius 3 is 2.89 bits per heavy atom. The van der Waals surface area contributed by atoms with Gasteiger partial charge in [-0.25, -0.2) is 4.98 Å². The molecule has 5 nitrogen and oxygen atoms in total. The third-order valence-corrected chi connectivity index (χ3v) is 3.74. The average Bonchev–Trinajstić information content (AvgIpc) is 2.91. The number of hydrogen-bond donors (Lipinski definition) is 0. The largest absolute Gasteiger partial charge is 0.349 e. The second-order valence-electron chi connectivity index (χ2n) is 4.70. The van der Waals surface area contributed by atoms with E-state index in [4.69, 9.17) is 0 Å². The molecule has 0 saturated carbocycles. The minimum atomic E-state index is -0.0728. The van der Waals surface area contributed by atoms with Gasteiger partial charge in [-0.15, -0.1) is 11.3 Å². The molecule has 0 radical (unpaired) electrons. The van der Waals surface area contributed by atoms with Crippen molar-refractivity contribution in [2.75, 3.05) is 27.2 Å². The first-order valence-electron chi connectivity index (χ1n) is 5.98. The van der Waals surface area contributed by atoms with Crippen LogP contribution in [0.3, 0.4) is 0 Å². The van der Waals surface area contributed by atoms with Crippen LogP contribution in [0.1, 0.15) is 23.3 Å². The lowest BCUT2D eigenvalue weighted by Crippen LogP contribution is -2.45. The molecule has 0 N–H and O–H groups in total. The Balaban J connectivity index is 2.03. The fraction of sp³-hybridized carbons (Fsp3) is 0.583. The van der Waals surface area contributed by atoms with E-state index in [0.29, 0.717) is 18.8 Å². The molecule has 2 amide bonds. The molecule has 1 atom stereocenters. The highest BCUT2D eigenvalue weighted by Gasteiger charge is 2.30. The molecule has 0 aromatic carbocycles. The number of rotatable bonds is 2. The normalized spacial score (nSPS) is 19.7. The molecule has 18 heavy (non-hydrogen) atoms. The van der Waals surface area contributed by atoms with Crippen molar-refractivity contribution in [2.24, 2.45) is 5.92 Å². The number of carbonyl (C=O) groups is 2. The molecular formula is C12H17N3O2S. The van der Waals surface area contributed by atoms with Crippen LogP contribution < -0.4 is 0 Å². The van der Waals surface area contributed by atoms with Gasteiger partial charge in [0.1, 0.15) is 5.69 Å². The van der Waals surface area contributed by atoms with Crippen LogP contribution in [0.4, 0.5) is 0 Å². The summed E-state index contributed by atoms with van der Waals surface area (Å²) in [5.41, 5.74) is 2.14. The number of piperidine rings is 1. The number of likely N-dealkylation sites (tertiary alicyclic amines) is 1. The highest BCUT2D eigenvalue weighted by Crippen LogP contribution is 2.20. The molecule has 0 bridgehead atoms. The highest BCUT2D eigenvalue weighted by atomic mass is 32.1. The van der Waals surface area contributed by atoms with Crippen LogP contribution in [0.2, 0.25) is 0 Å². The Labute approximate surface area is 110 Å². The molecule has 1 aliphatic rings. The van der Waals surface area contributed by atoms with Gasteiger partial charge in [-0.3, -0.25) is 9.59 Å². The van der Waals surface area contributed by atoms with Gasteiger partial charge in [0.2, 0.25) is 5.91 Å². The third kappa shape index (κ3) is 2.69. The topological polar surface area (TPSA) is 53.5 Å². The molecular weight excluding hydrogens is 250 g/mol. The Morgan fingerprint density at radius 2 is 2.28 bits per heavy atom. The van der Waals surface area contributed by atoms with Crippen LogP contribution in [0.25, 0.3) is 0 Å². The standard InChI is InChI=1S/C12H17N3O2S/c1-14(2)11(16)9-4-3-5-15(6-9)12(17)10-7-18-8-13-10/h7-9H,3-6H2,1-2H3. The lowest BCUT2D eigenvalue weighted by atomic mass is 9.96. The second-order valence-corrected chi connectivity index (χ2v) is 5.42. The number of nitrogens with zero attached hydrogens (tertiary/aromatic N) is 3. The monoisotopic (exact) mass is 267 g/mol. The molecule has 0 aliphatic carbocycles. The van der Waals surface area contributed by atoms with E-state index in [9.17, 15) is 9.59 Å². The van der Waals surface area contributed by atoms with Crippen molar-refractivity contribution in [3.8, 4) is 0 Å². The van der Waals surface area contributed by atoms with Crippen molar-refractivity contribution in [2.45, 2.75) is 12.8 Å². The zero-order valence-corrected chi connectivity index (χ0v) is 11.4. The lowest BCUT2D eigenvalue weighted by molar-refractivity contribution is -0.134. The van der Waals surface area contributed by atoms with E-state index in [0.717, 1.165) is 12.8 Å². The van der Waals surface area contributed by atoms with Gasteiger partial charge in [0, 0.05) is 32.6 Å². The highest BCUT2D eigenvalue weighted by molar-refractivity contribution is 7.07. The lowest BCUT2D eigenvalue weighted by Gasteiger charge is -2.32. The summed E-state index contributed by atoms with van der Waals surface area (Å²) in [5, 5.41) is 1.75. The van der Waals surface area contributed by atoms with Gasteiger partial charge < -0.3 is 9.80 Å². The van der Waals surface area contributed by atoms with Crippen LogP contribution in [0.5, 0.6) is 0 Å². The summed E-state index contributed by atoms with van der Waals surface area (Å²) in [6.07, 6.45) is 1.73. The van der Waals surface area contributed by atoms with Gasteiger partial charge >= 0.3 is 0 Å². The quantitative estimate of drug-likeness (QED) is 0.806. The van der Waals surface area contributed by atoms with Crippen LogP contribution in [-0.2, 0) is 4.79 Å². The van der Waals surface area contributed by atoms with Gasteiger partial charge in [0.05, 0.1) is 11.4 Å². The minimum absolute atomic E-state index is 0.0625. The molecule has 1 aliphatic heterocycles. The van der Waals surface area contributed by atoms with Gasteiger partial charge in [-0.05, 0) is 12.8 Å². The Kier molecular flexibility index (Phi) is 3.96. The summed E-state index contributed by atoms with van der Waals surface area (Å²) < 4.78 is 0. The van der Waals surface area contributed by atoms with E-state index >= 15 is 0 Å². The molecule has 1 unspecified atom stereocenters. The number of carbonyl (C=O) groups excluding carboxylic acids is 2. The summed E-state index contributed by atoms with van der Waals surface area (Å²) in [6, 6.07) is 0. The fourth-order valence-electron chi connectivity index (χ4n) is 2.21. The molecule has 0 spiro atoms. The maximum Gasteiger partial charge on any atom is 0.273 e. The number of aromatic nitrogens is 1. The average molecular weight is 267 g/mol. The zero-order chi connectivity index (χ0) is 13.1. The molecule has 6 heteroatoms. The summed E-state index contributed by atoms with van der Waals surface area (Å²) in [4.78, 5) is 31.4. The Morgan fingerprint density at radius 1 is 1.50 bits per heavy atom. The van der Waals surface area contributed by atoms with Crippen LogP contribution in [-0.4, -0.2) is 53.8 Å². The van der Waals surface area contributed by atoms with Crippen molar-refractivity contribution >= 4 is 23.2 Å². The van der Waals surface area contributed by atoms with Gasteiger partial charge in [0.25, 0.3) is 5.91 Å². The van der Waals surface area contributed by atoms with Crippen molar-refractivity contribution in [1.82, 2.24) is 14.8 Å². The fourth-order valence-corrected chi connectivity index (χ4v) is 2.73. The first-order chi connectivity index (χ1) is 8.59. The van der Waals surface area contributed by atoms with E-state index < -0.39 is 0 Å². The van der Waals surface area contributed by atoms with Crippen molar-refractivity contribution in [3.05, 3.63) is 16.6 Å². The van der Waals surface area contributed by atoms with E-state index in [1.54, 1.807) is 34.8 Å². The van der Waals surface area contributed by atoms with E-state index in [1.165, 1.54) is 11.3 Å². The van der Waals surface area contributed by atoms with Crippen LogP contribution in [0.15, 0.2) is 10.9 Å². The number of amides is 2. The van der Waals surface area contributed by atoms with Gasteiger partial charge in [0.15, 0.2) is 0 Å². The molecule has 1 aromatic heterocycles.